The zero-order valence-corrected chi connectivity index (χ0v) is 8.82. The van der Waals surface area contributed by atoms with Gasteiger partial charge in [0.05, 0.1) is 0 Å². The first kappa shape index (κ1) is 10.8. The topological polar surface area (TPSA) is 77.0 Å². The third-order valence-electron chi connectivity index (χ3n) is 2.35. The van der Waals surface area contributed by atoms with Crippen molar-refractivity contribution in [3.63, 3.8) is 0 Å². The molecular formula is C11H14N4O. The molecule has 0 radical (unpaired) electrons. The molecule has 3 N–H and O–H groups in total. The molecule has 1 aromatic carbocycles. The van der Waals surface area contributed by atoms with Crippen molar-refractivity contribution in [2.75, 3.05) is 6.54 Å². The normalized spacial score (nSPS) is 12.6. The van der Waals surface area contributed by atoms with Crippen molar-refractivity contribution in [2.45, 2.75) is 12.5 Å². The lowest BCUT2D eigenvalue weighted by molar-refractivity contribution is 0.158. The summed E-state index contributed by atoms with van der Waals surface area (Å²) in [5.74, 6) is 0.525. The highest BCUT2D eigenvalue weighted by Gasteiger charge is 2.14. The molecule has 1 heterocycles. The molecule has 2 rings (SSSR count). The van der Waals surface area contributed by atoms with E-state index in [1.54, 1.807) is 10.9 Å². The van der Waals surface area contributed by atoms with Crippen LogP contribution < -0.4 is 5.73 Å². The number of benzene rings is 1. The Morgan fingerprint density at radius 3 is 2.75 bits per heavy atom. The molecule has 0 bridgehead atoms. The molecular weight excluding hydrogens is 204 g/mol. The van der Waals surface area contributed by atoms with E-state index >= 15 is 0 Å². The van der Waals surface area contributed by atoms with E-state index in [1.165, 1.54) is 0 Å². The first-order valence-corrected chi connectivity index (χ1v) is 5.16. The fourth-order valence-corrected chi connectivity index (χ4v) is 1.55. The molecule has 0 saturated heterocycles. The van der Waals surface area contributed by atoms with Crippen molar-refractivity contribution in [1.29, 1.82) is 0 Å². The van der Waals surface area contributed by atoms with Crippen LogP contribution >= 0.6 is 0 Å². The van der Waals surface area contributed by atoms with Gasteiger partial charge in [0.1, 0.15) is 12.4 Å². The van der Waals surface area contributed by atoms with Crippen LogP contribution in [0.2, 0.25) is 0 Å². The zero-order valence-electron chi connectivity index (χ0n) is 8.82. The maximum atomic E-state index is 9.85. The Hall–Kier alpha value is -1.72. The van der Waals surface area contributed by atoms with Crippen molar-refractivity contribution in [2.24, 2.45) is 5.73 Å². The van der Waals surface area contributed by atoms with Gasteiger partial charge in [0.25, 0.3) is 0 Å². The lowest BCUT2D eigenvalue weighted by Gasteiger charge is -2.10. The van der Waals surface area contributed by atoms with Gasteiger partial charge in [-0.1, -0.05) is 18.2 Å². The largest absolute Gasteiger partial charge is 0.385 e. The standard InChI is InChI=1S/C11H14N4O/c12-7-6-10(16)11-14-13-8-15(11)9-4-2-1-3-5-9/h1-5,8,10,16H,6-7,12H2/t10-/m0/s1. The van der Waals surface area contributed by atoms with Crippen LogP contribution in [-0.2, 0) is 0 Å². The van der Waals surface area contributed by atoms with E-state index in [0.717, 1.165) is 5.69 Å². The molecule has 16 heavy (non-hydrogen) atoms. The molecule has 0 amide bonds. The molecule has 0 aliphatic heterocycles. The number of nitrogens with two attached hydrogens (primary N) is 1. The van der Waals surface area contributed by atoms with Crippen LogP contribution in [0.3, 0.4) is 0 Å². The maximum absolute atomic E-state index is 9.85. The van der Waals surface area contributed by atoms with Gasteiger partial charge >= 0.3 is 0 Å². The molecule has 1 aromatic heterocycles. The van der Waals surface area contributed by atoms with Crippen LogP contribution in [0, 0.1) is 0 Å². The summed E-state index contributed by atoms with van der Waals surface area (Å²) in [7, 11) is 0. The summed E-state index contributed by atoms with van der Waals surface area (Å²) in [6, 6.07) is 9.65. The van der Waals surface area contributed by atoms with Crippen molar-refractivity contribution < 1.29 is 5.11 Å². The summed E-state index contributed by atoms with van der Waals surface area (Å²) in [6.45, 7) is 0.419. The average Bonchev–Trinajstić information content (AvgIpc) is 2.79. The van der Waals surface area contributed by atoms with Crippen LogP contribution in [0.5, 0.6) is 0 Å². The number of aliphatic hydroxyl groups excluding tert-OH is 1. The summed E-state index contributed by atoms with van der Waals surface area (Å²) in [5.41, 5.74) is 6.34. The molecule has 5 nitrogen and oxygen atoms in total. The lowest BCUT2D eigenvalue weighted by atomic mass is 10.2. The second-order valence-electron chi connectivity index (χ2n) is 3.49. The fraction of sp³-hybridized carbons (Fsp3) is 0.273. The Labute approximate surface area is 93.5 Å². The molecule has 0 aliphatic rings. The summed E-state index contributed by atoms with van der Waals surface area (Å²) < 4.78 is 1.76. The van der Waals surface area contributed by atoms with E-state index < -0.39 is 6.10 Å². The van der Waals surface area contributed by atoms with Gasteiger partial charge in [-0.3, -0.25) is 4.57 Å². The van der Waals surface area contributed by atoms with Gasteiger partial charge in [-0.15, -0.1) is 10.2 Å². The van der Waals surface area contributed by atoms with Gasteiger partial charge in [-0.2, -0.15) is 0 Å². The van der Waals surface area contributed by atoms with Crippen molar-refractivity contribution in [1.82, 2.24) is 14.8 Å². The average molecular weight is 218 g/mol. The van der Waals surface area contributed by atoms with Crippen molar-refractivity contribution >= 4 is 0 Å². The van der Waals surface area contributed by atoms with Gasteiger partial charge in [0, 0.05) is 5.69 Å². The van der Waals surface area contributed by atoms with E-state index in [4.69, 9.17) is 5.73 Å². The van der Waals surface area contributed by atoms with Gasteiger partial charge in [-0.25, -0.2) is 0 Å². The summed E-state index contributed by atoms with van der Waals surface area (Å²) in [6.07, 6.45) is 1.39. The van der Waals surface area contributed by atoms with Crippen LogP contribution in [0.4, 0.5) is 0 Å². The van der Waals surface area contributed by atoms with Gasteiger partial charge in [-0.05, 0) is 25.1 Å². The molecule has 2 aromatic rings. The second-order valence-corrected chi connectivity index (χ2v) is 3.49. The maximum Gasteiger partial charge on any atom is 0.166 e. The van der Waals surface area contributed by atoms with E-state index in [9.17, 15) is 5.11 Å². The molecule has 0 fully saturated rings. The Bertz CT molecular complexity index is 440. The zero-order chi connectivity index (χ0) is 11.4. The molecule has 5 heteroatoms. The molecule has 84 valence electrons. The number of hydrogen-bond donors (Lipinski definition) is 2. The minimum absolute atomic E-state index is 0.419. The smallest absolute Gasteiger partial charge is 0.166 e. The monoisotopic (exact) mass is 218 g/mol. The lowest BCUT2D eigenvalue weighted by Crippen LogP contribution is -2.11. The van der Waals surface area contributed by atoms with E-state index in [1.807, 2.05) is 30.3 Å². The molecule has 0 aliphatic carbocycles. The minimum Gasteiger partial charge on any atom is -0.385 e. The summed E-state index contributed by atoms with van der Waals surface area (Å²) in [4.78, 5) is 0. The Morgan fingerprint density at radius 2 is 2.06 bits per heavy atom. The third kappa shape index (κ3) is 2.10. The quantitative estimate of drug-likeness (QED) is 0.790. The molecule has 0 unspecified atom stereocenters. The summed E-state index contributed by atoms with van der Waals surface area (Å²) in [5, 5.41) is 17.6. The third-order valence-corrected chi connectivity index (χ3v) is 2.35. The molecule has 0 saturated carbocycles. The van der Waals surface area contributed by atoms with E-state index in [0.29, 0.717) is 18.8 Å². The van der Waals surface area contributed by atoms with Crippen LogP contribution in [0.25, 0.3) is 5.69 Å². The van der Waals surface area contributed by atoms with Gasteiger partial charge in [0.2, 0.25) is 0 Å². The van der Waals surface area contributed by atoms with Crippen molar-refractivity contribution in [3.05, 3.63) is 42.5 Å². The Kier molecular flexibility index (Phi) is 3.28. The molecule has 0 spiro atoms. The van der Waals surface area contributed by atoms with E-state index in [2.05, 4.69) is 10.2 Å². The first-order valence-electron chi connectivity index (χ1n) is 5.16. The number of hydrogen-bond acceptors (Lipinski definition) is 4. The SMILES string of the molecule is NCC[C@H](O)c1nncn1-c1ccccc1. The predicted molar refractivity (Wildman–Crippen MR) is 60.0 cm³/mol. The molecule has 1 atom stereocenters. The second kappa shape index (κ2) is 4.87. The highest BCUT2D eigenvalue weighted by atomic mass is 16.3. The Morgan fingerprint density at radius 1 is 1.31 bits per heavy atom. The highest BCUT2D eigenvalue weighted by Crippen LogP contribution is 2.17. The van der Waals surface area contributed by atoms with Gasteiger partial charge < -0.3 is 10.8 Å². The highest BCUT2D eigenvalue weighted by molar-refractivity contribution is 5.32. The van der Waals surface area contributed by atoms with Crippen LogP contribution in [0.1, 0.15) is 18.3 Å². The summed E-state index contributed by atoms with van der Waals surface area (Å²) >= 11 is 0. The first-order chi connectivity index (χ1) is 7.83. The minimum atomic E-state index is -0.673. The Balaban J connectivity index is 2.33. The number of nitrogens with zero attached hydrogens (tertiary/aromatic N) is 3. The van der Waals surface area contributed by atoms with Crippen molar-refractivity contribution in [3.8, 4) is 5.69 Å². The number of rotatable bonds is 4. The van der Waals surface area contributed by atoms with E-state index in [-0.39, 0.29) is 0 Å². The number of aliphatic hydroxyl groups is 1. The number of aromatic nitrogens is 3. The number of para-hydroxylation sites is 1. The predicted octanol–water partition coefficient (Wildman–Crippen LogP) is 0.649. The van der Waals surface area contributed by atoms with Crippen LogP contribution in [0.15, 0.2) is 36.7 Å². The van der Waals surface area contributed by atoms with Crippen LogP contribution in [-0.4, -0.2) is 26.4 Å². The fourth-order valence-electron chi connectivity index (χ4n) is 1.55. The van der Waals surface area contributed by atoms with Gasteiger partial charge in [0.15, 0.2) is 5.82 Å².